The van der Waals surface area contributed by atoms with Gasteiger partial charge in [0.05, 0.1) is 0 Å². The normalized spacial score (nSPS) is 15.6. The average molecular weight is 351 g/mol. The molecule has 0 saturated carbocycles. The van der Waals surface area contributed by atoms with Gasteiger partial charge in [-0.2, -0.15) is 0 Å². The Balaban J connectivity index is 1.70. The molecular weight excluding hydrogens is 324 g/mol. The molecule has 24 heavy (non-hydrogen) atoms. The molecule has 1 heterocycles. The van der Waals surface area contributed by atoms with Crippen LogP contribution in [0.4, 0.5) is 0 Å². The van der Waals surface area contributed by atoms with Crippen molar-refractivity contribution in [2.75, 3.05) is 19.6 Å². The van der Waals surface area contributed by atoms with Crippen LogP contribution >= 0.6 is 11.6 Å². The molecule has 0 unspecified atom stereocenters. The van der Waals surface area contributed by atoms with E-state index in [9.17, 15) is 9.59 Å². The highest BCUT2D eigenvalue weighted by Crippen LogP contribution is 2.19. The molecule has 2 amide bonds. The van der Waals surface area contributed by atoms with E-state index in [2.05, 4.69) is 19.2 Å². The third kappa shape index (κ3) is 5.82. The number of halogens is 1. The number of rotatable bonds is 6. The van der Waals surface area contributed by atoms with Crippen molar-refractivity contribution >= 4 is 23.4 Å². The molecule has 2 rings (SSSR count). The van der Waals surface area contributed by atoms with Crippen molar-refractivity contribution in [3.05, 3.63) is 34.9 Å². The SMILES string of the molecule is CC(C)CC(=O)N1CCC(C(=O)NCCc2cccc(Cl)c2)CC1. The van der Waals surface area contributed by atoms with Crippen molar-refractivity contribution < 1.29 is 9.59 Å². The van der Waals surface area contributed by atoms with Gasteiger partial charge in [-0.15, -0.1) is 0 Å². The predicted octanol–water partition coefficient (Wildman–Crippen LogP) is 3.28. The number of carbonyl (C=O) groups excluding carboxylic acids is 2. The summed E-state index contributed by atoms with van der Waals surface area (Å²) in [5, 5.41) is 3.73. The van der Waals surface area contributed by atoms with Crippen LogP contribution in [0.1, 0.15) is 38.7 Å². The van der Waals surface area contributed by atoms with Crippen molar-refractivity contribution in [2.45, 2.75) is 39.5 Å². The van der Waals surface area contributed by atoms with Crippen molar-refractivity contribution in [3.8, 4) is 0 Å². The lowest BCUT2D eigenvalue weighted by molar-refractivity contribution is -0.136. The Bertz CT molecular complexity index is 566. The first kappa shape index (κ1) is 18.8. The monoisotopic (exact) mass is 350 g/mol. The Labute approximate surface area is 149 Å². The summed E-state index contributed by atoms with van der Waals surface area (Å²) >= 11 is 5.96. The van der Waals surface area contributed by atoms with Crippen molar-refractivity contribution in [1.29, 1.82) is 0 Å². The van der Waals surface area contributed by atoms with Gasteiger partial charge in [0.1, 0.15) is 0 Å². The largest absolute Gasteiger partial charge is 0.356 e. The van der Waals surface area contributed by atoms with Gasteiger partial charge in [-0.05, 0) is 42.9 Å². The second-order valence-corrected chi connectivity index (χ2v) is 7.36. The molecule has 0 atom stereocenters. The molecular formula is C19H27ClN2O2. The van der Waals surface area contributed by atoms with Gasteiger partial charge >= 0.3 is 0 Å². The first-order valence-electron chi connectivity index (χ1n) is 8.75. The van der Waals surface area contributed by atoms with E-state index in [1.54, 1.807) is 0 Å². The number of piperidine rings is 1. The van der Waals surface area contributed by atoms with Gasteiger partial charge in [-0.25, -0.2) is 0 Å². The van der Waals surface area contributed by atoms with E-state index in [1.165, 1.54) is 0 Å². The van der Waals surface area contributed by atoms with Crippen LogP contribution in [0.3, 0.4) is 0 Å². The summed E-state index contributed by atoms with van der Waals surface area (Å²) in [7, 11) is 0. The lowest BCUT2D eigenvalue weighted by Gasteiger charge is -2.31. The zero-order valence-corrected chi connectivity index (χ0v) is 15.3. The molecule has 1 aliphatic heterocycles. The quantitative estimate of drug-likeness (QED) is 0.855. The van der Waals surface area contributed by atoms with E-state index in [0.717, 1.165) is 29.8 Å². The lowest BCUT2D eigenvalue weighted by atomic mass is 9.95. The summed E-state index contributed by atoms with van der Waals surface area (Å²) in [5.41, 5.74) is 1.12. The maximum Gasteiger partial charge on any atom is 0.223 e. The number of likely N-dealkylation sites (tertiary alicyclic amines) is 1. The van der Waals surface area contributed by atoms with E-state index in [0.29, 0.717) is 32.0 Å². The van der Waals surface area contributed by atoms with Gasteiger partial charge in [0.2, 0.25) is 11.8 Å². The van der Waals surface area contributed by atoms with Crippen LogP contribution in [-0.4, -0.2) is 36.3 Å². The van der Waals surface area contributed by atoms with Gasteiger partial charge in [-0.3, -0.25) is 9.59 Å². The number of hydrogen-bond acceptors (Lipinski definition) is 2. The molecule has 0 aliphatic carbocycles. The van der Waals surface area contributed by atoms with Gasteiger partial charge < -0.3 is 10.2 Å². The van der Waals surface area contributed by atoms with Crippen LogP contribution in [-0.2, 0) is 16.0 Å². The van der Waals surface area contributed by atoms with Crippen LogP contribution in [0.2, 0.25) is 5.02 Å². The number of hydrogen-bond donors (Lipinski definition) is 1. The summed E-state index contributed by atoms with van der Waals surface area (Å²) < 4.78 is 0. The number of benzene rings is 1. The summed E-state index contributed by atoms with van der Waals surface area (Å²) in [6.45, 7) is 6.11. The Kier molecular flexibility index (Phi) is 7.10. The van der Waals surface area contributed by atoms with Crippen LogP contribution in [0.5, 0.6) is 0 Å². The minimum Gasteiger partial charge on any atom is -0.356 e. The second-order valence-electron chi connectivity index (χ2n) is 6.92. The highest BCUT2D eigenvalue weighted by Gasteiger charge is 2.27. The Morgan fingerprint density at radius 3 is 2.62 bits per heavy atom. The molecule has 0 bridgehead atoms. The molecule has 1 aromatic rings. The number of nitrogens with zero attached hydrogens (tertiary/aromatic N) is 1. The van der Waals surface area contributed by atoms with E-state index in [1.807, 2.05) is 29.2 Å². The Hall–Kier alpha value is -1.55. The average Bonchev–Trinajstić information content (AvgIpc) is 2.54. The van der Waals surface area contributed by atoms with Crippen LogP contribution in [0.15, 0.2) is 24.3 Å². The molecule has 0 radical (unpaired) electrons. The number of nitrogens with one attached hydrogen (secondary N) is 1. The van der Waals surface area contributed by atoms with Crippen LogP contribution < -0.4 is 5.32 Å². The van der Waals surface area contributed by atoms with Crippen molar-refractivity contribution in [3.63, 3.8) is 0 Å². The molecule has 0 spiro atoms. The van der Waals surface area contributed by atoms with Crippen LogP contribution in [0, 0.1) is 11.8 Å². The second kappa shape index (κ2) is 9.07. The third-order valence-electron chi connectivity index (χ3n) is 4.40. The Morgan fingerprint density at radius 1 is 1.29 bits per heavy atom. The number of carbonyl (C=O) groups is 2. The summed E-state index contributed by atoms with van der Waals surface area (Å²) in [4.78, 5) is 26.2. The molecule has 5 heteroatoms. The first-order chi connectivity index (χ1) is 11.5. The van der Waals surface area contributed by atoms with Crippen molar-refractivity contribution in [2.24, 2.45) is 11.8 Å². The number of amides is 2. The molecule has 4 nitrogen and oxygen atoms in total. The molecule has 132 valence electrons. The lowest BCUT2D eigenvalue weighted by Crippen LogP contribution is -2.43. The van der Waals surface area contributed by atoms with E-state index < -0.39 is 0 Å². The van der Waals surface area contributed by atoms with Gasteiger partial charge in [0.15, 0.2) is 0 Å². The molecule has 0 aromatic heterocycles. The molecule has 1 fully saturated rings. The molecule has 1 saturated heterocycles. The smallest absolute Gasteiger partial charge is 0.223 e. The van der Waals surface area contributed by atoms with Gasteiger partial charge in [0, 0.05) is 37.0 Å². The van der Waals surface area contributed by atoms with E-state index >= 15 is 0 Å². The summed E-state index contributed by atoms with van der Waals surface area (Å²) in [6.07, 6.45) is 2.88. The highest BCUT2D eigenvalue weighted by molar-refractivity contribution is 6.30. The fourth-order valence-corrected chi connectivity index (χ4v) is 3.25. The zero-order chi connectivity index (χ0) is 17.5. The van der Waals surface area contributed by atoms with Gasteiger partial charge in [0.25, 0.3) is 0 Å². The fraction of sp³-hybridized carbons (Fsp3) is 0.579. The maximum absolute atomic E-state index is 12.3. The molecule has 1 N–H and O–H groups in total. The first-order valence-corrected chi connectivity index (χ1v) is 9.13. The fourth-order valence-electron chi connectivity index (χ4n) is 3.04. The third-order valence-corrected chi connectivity index (χ3v) is 4.64. The molecule has 1 aliphatic rings. The topological polar surface area (TPSA) is 49.4 Å². The maximum atomic E-state index is 12.3. The van der Waals surface area contributed by atoms with Gasteiger partial charge in [-0.1, -0.05) is 37.6 Å². The summed E-state index contributed by atoms with van der Waals surface area (Å²) in [5.74, 6) is 0.718. The summed E-state index contributed by atoms with van der Waals surface area (Å²) in [6, 6.07) is 7.70. The minimum absolute atomic E-state index is 0.0208. The van der Waals surface area contributed by atoms with Crippen molar-refractivity contribution in [1.82, 2.24) is 10.2 Å². The standard InChI is InChI=1S/C19H27ClN2O2/c1-14(2)12-18(23)22-10-7-16(8-11-22)19(24)21-9-6-15-4-3-5-17(20)13-15/h3-5,13-14,16H,6-12H2,1-2H3,(H,21,24). The highest BCUT2D eigenvalue weighted by atomic mass is 35.5. The Morgan fingerprint density at radius 2 is 2.00 bits per heavy atom. The van der Waals surface area contributed by atoms with E-state index in [4.69, 9.17) is 11.6 Å². The van der Waals surface area contributed by atoms with E-state index in [-0.39, 0.29) is 17.7 Å². The minimum atomic E-state index is 0.0208. The van der Waals surface area contributed by atoms with Crippen LogP contribution in [0.25, 0.3) is 0 Å². The predicted molar refractivity (Wildman–Crippen MR) is 96.9 cm³/mol. The zero-order valence-electron chi connectivity index (χ0n) is 14.6. The molecule has 1 aromatic carbocycles.